The van der Waals surface area contributed by atoms with Gasteiger partial charge in [-0.15, -0.1) is 0 Å². The third kappa shape index (κ3) is 3.14. The maximum Gasteiger partial charge on any atom is 0.251 e. The Labute approximate surface area is 122 Å². The Morgan fingerprint density at radius 2 is 1.90 bits per heavy atom. The van der Waals surface area contributed by atoms with Crippen molar-refractivity contribution in [2.24, 2.45) is 5.92 Å². The maximum absolute atomic E-state index is 13.0. The van der Waals surface area contributed by atoms with Gasteiger partial charge in [0.1, 0.15) is 5.82 Å². The predicted octanol–water partition coefficient (Wildman–Crippen LogP) is 4.47. The van der Waals surface area contributed by atoms with Crippen molar-refractivity contribution >= 4 is 5.57 Å². The van der Waals surface area contributed by atoms with Gasteiger partial charge in [-0.3, -0.25) is 0 Å². The van der Waals surface area contributed by atoms with Crippen molar-refractivity contribution in [1.82, 2.24) is 4.90 Å². The average molecular weight is 293 g/mol. The van der Waals surface area contributed by atoms with Gasteiger partial charge >= 0.3 is 0 Å². The third-order valence-electron chi connectivity index (χ3n) is 4.23. The van der Waals surface area contributed by atoms with Gasteiger partial charge in [-0.2, -0.15) is 0 Å². The highest BCUT2D eigenvalue weighted by Crippen LogP contribution is 2.50. The minimum Gasteiger partial charge on any atom is -0.373 e. The number of hydrogen-bond donors (Lipinski definition) is 0. The number of nitrogens with zero attached hydrogens (tertiary/aromatic N) is 1. The van der Waals surface area contributed by atoms with Crippen molar-refractivity contribution in [2.75, 3.05) is 13.1 Å². The molecule has 1 saturated carbocycles. The molecule has 1 nitrogen and oxygen atoms in total. The van der Waals surface area contributed by atoms with Crippen molar-refractivity contribution in [3.05, 3.63) is 53.5 Å². The maximum atomic E-state index is 13.0. The minimum atomic E-state index is -2.43. The van der Waals surface area contributed by atoms with Gasteiger partial charge in [0.2, 0.25) is 0 Å². The molecule has 1 aliphatic carbocycles. The summed E-state index contributed by atoms with van der Waals surface area (Å²) < 4.78 is 38.7. The molecule has 3 rings (SSSR count). The average Bonchev–Trinajstić information content (AvgIpc) is 3.05. The summed E-state index contributed by atoms with van der Waals surface area (Å²) in [5.41, 5.74) is 3.24. The minimum absolute atomic E-state index is 0.0419. The highest BCUT2D eigenvalue weighted by molar-refractivity contribution is 5.77. The van der Waals surface area contributed by atoms with Crippen LogP contribution in [0.15, 0.2) is 42.1 Å². The molecule has 4 heteroatoms. The van der Waals surface area contributed by atoms with E-state index < -0.39 is 11.8 Å². The lowest BCUT2D eigenvalue weighted by molar-refractivity contribution is 0.0953. The van der Waals surface area contributed by atoms with E-state index in [1.165, 1.54) is 17.7 Å². The van der Waals surface area contributed by atoms with E-state index in [1.54, 1.807) is 12.1 Å². The SMILES string of the molecule is CC1=C(c2ccc(F)cc2)C=CN(CCC2CC2(F)F)C1. The molecule has 1 heterocycles. The van der Waals surface area contributed by atoms with Gasteiger partial charge in [-0.25, -0.2) is 13.2 Å². The van der Waals surface area contributed by atoms with Crippen LogP contribution < -0.4 is 0 Å². The molecule has 1 fully saturated rings. The zero-order chi connectivity index (χ0) is 15.0. The van der Waals surface area contributed by atoms with Gasteiger partial charge in [-0.1, -0.05) is 12.1 Å². The van der Waals surface area contributed by atoms with Gasteiger partial charge in [0, 0.05) is 25.4 Å². The molecule has 0 saturated heterocycles. The quantitative estimate of drug-likeness (QED) is 0.791. The molecular formula is C17H18F3N. The molecule has 0 amide bonds. The van der Waals surface area contributed by atoms with Crippen LogP contribution in [0.1, 0.15) is 25.3 Å². The monoisotopic (exact) mass is 293 g/mol. The molecule has 0 radical (unpaired) electrons. The van der Waals surface area contributed by atoms with E-state index >= 15 is 0 Å². The second-order valence-corrected chi connectivity index (χ2v) is 5.94. The van der Waals surface area contributed by atoms with Crippen molar-refractivity contribution in [2.45, 2.75) is 25.7 Å². The van der Waals surface area contributed by atoms with Gasteiger partial charge in [0.25, 0.3) is 5.92 Å². The Kier molecular flexibility index (Phi) is 3.56. The van der Waals surface area contributed by atoms with Gasteiger partial charge in [0.05, 0.1) is 0 Å². The van der Waals surface area contributed by atoms with Crippen molar-refractivity contribution in [1.29, 1.82) is 0 Å². The van der Waals surface area contributed by atoms with Crippen LogP contribution in [-0.2, 0) is 0 Å². The third-order valence-corrected chi connectivity index (χ3v) is 4.23. The Bertz CT molecular complexity index is 587. The molecule has 2 aliphatic rings. The van der Waals surface area contributed by atoms with E-state index in [4.69, 9.17) is 0 Å². The molecule has 0 aromatic heterocycles. The molecule has 1 aromatic rings. The van der Waals surface area contributed by atoms with Gasteiger partial charge < -0.3 is 4.90 Å². The highest BCUT2D eigenvalue weighted by atomic mass is 19.3. The molecule has 1 atom stereocenters. The van der Waals surface area contributed by atoms with Crippen molar-refractivity contribution < 1.29 is 13.2 Å². The molecule has 112 valence electrons. The number of alkyl halides is 2. The van der Waals surface area contributed by atoms with Gasteiger partial charge in [-0.05, 0) is 54.5 Å². The standard InChI is InChI=1S/C17H18F3N/c1-12-11-21(8-6-14-10-17(14,19)20)9-7-16(12)13-2-4-15(18)5-3-13/h2-5,7,9,14H,6,8,10-11H2,1H3. The van der Waals surface area contributed by atoms with Crippen LogP contribution in [-0.4, -0.2) is 23.9 Å². The van der Waals surface area contributed by atoms with E-state index in [0.717, 1.165) is 17.7 Å². The molecule has 0 bridgehead atoms. The Morgan fingerprint density at radius 1 is 1.24 bits per heavy atom. The largest absolute Gasteiger partial charge is 0.373 e. The van der Waals surface area contributed by atoms with E-state index in [2.05, 4.69) is 4.90 Å². The molecular weight excluding hydrogens is 275 g/mol. The molecule has 1 aromatic carbocycles. The Morgan fingerprint density at radius 3 is 2.48 bits per heavy atom. The zero-order valence-electron chi connectivity index (χ0n) is 12.0. The summed E-state index contributed by atoms with van der Waals surface area (Å²) in [4.78, 5) is 2.07. The molecule has 0 N–H and O–H groups in total. The number of rotatable bonds is 4. The van der Waals surface area contributed by atoms with Gasteiger partial charge in [0.15, 0.2) is 0 Å². The van der Waals surface area contributed by atoms with Crippen LogP contribution in [0, 0.1) is 11.7 Å². The number of hydrogen-bond acceptors (Lipinski definition) is 1. The Hall–Kier alpha value is -1.71. The molecule has 1 unspecified atom stereocenters. The van der Waals surface area contributed by atoms with Crippen LogP contribution in [0.3, 0.4) is 0 Å². The number of allylic oxidation sites excluding steroid dienone is 2. The van der Waals surface area contributed by atoms with Crippen LogP contribution in [0.25, 0.3) is 5.57 Å². The van der Waals surface area contributed by atoms with E-state index in [9.17, 15) is 13.2 Å². The fourth-order valence-corrected chi connectivity index (χ4v) is 2.79. The fraction of sp³-hybridized carbons (Fsp3) is 0.412. The molecule has 0 spiro atoms. The highest BCUT2D eigenvalue weighted by Gasteiger charge is 2.56. The summed E-state index contributed by atoms with van der Waals surface area (Å²) in [6.45, 7) is 3.42. The smallest absolute Gasteiger partial charge is 0.251 e. The number of halogens is 3. The van der Waals surface area contributed by atoms with Crippen molar-refractivity contribution in [3.8, 4) is 0 Å². The first-order valence-corrected chi connectivity index (χ1v) is 7.21. The lowest BCUT2D eigenvalue weighted by Gasteiger charge is -2.26. The van der Waals surface area contributed by atoms with Crippen LogP contribution in [0.4, 0.5) is 13.2 Å². The predicted molar refractivity (Wildman–Crippen MR) is 77.4 cm³/mol. The molecule has 1 aliphatic heterocycles. The van der Waals surface area contributed by atoms with E-state index in [1.807, 2.05) is 19.2 Å². The topological polar surface area (TPSA) is 3.24 Å². The second kappa shape index (κ2) is 5.24. The van der Waals surface area contributed by atoms with E-state index in [-0.39, 0.29) is 12.2 Å². The lowest BCUT2D eigenvalue weighted by atomic mass is 9.98. The fourth-order valence-electron chi connectivity index (χ4n) is 2.79. The molecule has 21 heavy (non-hydrogen) atoms. The lowest BCUT2D eigenvalue weighted by Crippen LogP contribution is -2.24. The first-order chi connectivity index (χ1) is 9.95. The summed E-state index contributed by atoms with van der Waals surface area (Å²) in [6, 6.07) is 6.42. The van der Waals surface area contributed by atoms with E-state index in [0.29, 0.717) is 13.0 Å². The summed E-state index contributed by atoms with van der Waals surface area (Å²) >= 11 is 0. The van der Waals surface area contributed by atoms with Crippen LogP contribution >= 0.6 is 0 Å². The first-order valence-electron chi connectivity index (χ1n) is 7.21. The first kappa shape index (κ1) is 14.2. The zero-order valence-corrected chi connectivity index (χ0v) is 12.0. The normalized spacial score (nSPS) is 23.6. The second-order valence-electron chi connectivity index (χ2n) is 5.94. The number of benzene rings is 1. The summed E-state index contributed by atoms with van der Waals surface area (Å²) in [6.07, 6.45) is 4.51. The van der Waals surface area contributed by atoms with Crippen LogP contribution in [0.5, 0.6) is 0 Å². The van der Waals surface area contributed by atoms with Crippen molar-refractivity contribution in [3.63, 3.8) is 0 Å². The van der Waals surface area contributed by atoms with Crippen LogP contribution in [0.2, 0.25) is 0 Å². The Balaban J connectivity index is 1.61. The summed E-state index contributed by atoms with van der Waals surface area (Å²) in [5.74, 6) is -3.11. The summed E-state index contributed by atoms with van der Waals surface area (Å²) in [5, 5.41) is 0. The summed E-state index contributed by atoms with van der Waals surface area (Å²) in [7, 11) is 0.